The van der Waals surface area contributed by atoms with Gasteiger partial charge in [-0.05, 0) is 29.8 Å². The number of benzene rings is 1. The lowest BCUT2D eigenvalue weighted by Crippen LogP contribution is -2.22. The molecular formula is C20H16F4N4O3. The van der Waals surface area contributed by atoms with Crippen molar-refractivity contribution >= 4 is 5.82 Å². The van der Waals surface area contributed by atoms with Gasteiger partial charge in [0, 0.05) is 26.2 Å². The maximum Gasteiger partial charge on any atom is 0.433 e. The van der Waals surface area contributed by atoms with Crippen molar-refractivity contribution in [3.8, 4) is 17.4 Å². The van der Waals surface area contributed by atoms with Crippen molar-refractivity contribution in [1.29, 1.82) is 0 Å². The monoisotopic (exact) mass is 436 g/mol. The van der Waals surface area contributed by atoms with Crippen molar-refractivity contribution < 1.29 is 27.0 Å². The number of hydrogen-bond donors (Lipinski definition) is 0. The molecule has 0 bridgehead atoms. The summed E-state index contributed by atoms with van der Waals surface area (Å²) in [5.74, 6) is -0.136. The Morgan fingerprint density at radius 3 is 2.61 bits per heavy atom. The highest BCUT2D eigenvalue weighted by Crippen LogP contribution is 2.30. The number of alkyl halides is 3. The minimum Gasteiger partial charge on any atom is -0.473 e. The first-order valence-corrected chi connectivity index (χ1v) is 9.16. The molecule has 1 aliphatic rings. The number of anilines is 1. The fraction of sp³-hybridized carbons (Fsp3) is 0.250. The molecule has 0 aliphatic carbocycles. The molecule has 11 heteroatoms. The van der Waals surface area contributed by atoms with E-state index in [2.05, 4.69) is 9.97 Å². The van der Waals surface area contributed by atoms with E-state index in [0.29, 0.717) is 24.5 Å². The third kappa shape index (κ3) is 4.44. The zero-order valence-corrected chi connectivity index (χ0v) is 16.2. The lowest BCUT2D eigenvalue weighted by atomic mass is 10.2. The fourth-order valence-electron chi connectivity index (χ4n) is 3.05. The molecule has 1 aliphatic heterocycles. The molecule has 0 radical (unpaired) electrons. The number of hydrogen-bond acceptors (Lipinski definition) is 6. The van der Waals surface area contributed by atoms with Gasteiger partial charge in [-0.15, -0.1) is 0 Å². The van der Waals surface area contributed by atoms with Crippen LogP contribution in [0.25, 0.3) is 0 Å². The third-order valence-corrected chi connectivity index (χ3v) is 4.65. The van der Waals surface area contributed by atoms with E-state index in [0.717, 1.165) is 18.3 Å². The largest absolute Gasteiger partial charge is 0.473 e. The van der Waals surface area contributed by atoms with Crippen LogP contribution in [0.15, 0.2) is 47.4 Å². The molecule has 3 aromatic rings. The summed E-state index contributed by atoms with van der Waals surface area (Å²) in [4.78, 5) is 21.1. The first-order valence-electron chi connectivity index (χ1n) is 9.16. The second-order valence-corrected chi connectivity index (χ2v) is 6.84. The summed E-state index contributed by atoms with van der Waals surface area (Å²) in [6.07, 6.45) is -3.70. The summed E-state index contributed by atoms with van der Waals surface area (Å²) >= 11 is 0. The van der Waals surface area contributed by atoms with E-state index >= 15 is 0 Å². The quantitative estimate of drug-likeness (QED) is 0.569. The van der Waals surface area contributed by atoms with Crippen LogP contribution in [0.1, 0.15) is 11.3 Å². The van der Waals surface area contributed by atoms with E-state index in [1.54, 1.807) is 6.07 Å². The van der Waals surface area contributed by atoms with E-state index in [-0.39, 0.29) is 24.0 Å². The smallest absolute Gasteiger partial charge is 0.433 e. The number of aromatic nitrogens is 3. The number of nitrogens with zero attached hydrogens (tertiary/aromatic N) is 4. The van der Waals surface area contributed by atoms with Crippen LogP contribution in [-0.4, -0.2) is 28.1 Å². The number of rotatable bonds is 5. The van der Waals surface area contributed by atoms with Crippen molar-refractivity contribution in [2.75, 3.05) is 18.5 Å². The van der Waals surface area contributed by atoms with Gasteiger partial charge in [0.25, 0.3) is 0 Å². The Morgan fingerprint density at radius 2 is 1.94 bits per heavy atom. The second kappa shape index (κ2) is 7.89. The van der Waals surface area contributed by atoms with Crippen molar-refractivity contribution in [2.24, 2.45) is 0 Å². The minimum absolute atomic E-state index is 0.0390. The van der Waals surface area contributed by atoms with Crippen LogP contribution in [0.3, 0.4) is 0 Å². The first kappa shape index (κ1) is 20.6. The molecule has 0 saturated heterocycles. The maximum atomic E-state index is 14.4. The molecule has 0 saturated carbocycles. The Morgan fingerprint density at radius 1 is 1.13 bits per heavy atom. The molecule has 0 atom stereocenters. The molecule has 162 valence electrons. The zero-order valence-electron chi connectivity index (χ0n) is 16.2. The molecule has 0 amide bonds. The molecule has 0 fully saturated rings. The third-order valence-electron chi connectivity index (χ3n) is 4.65. The van der Waals surface area contributed by atoms with E-state index < -0.39 is 23.4 Å². The highest BCUT2D eigenvalue weighted by Gasteiger charge is 2.32. The van der Waals surface area contributed by atoms with E-state index in [9.17, 15) is 22.4 Å². The number of likely N-dealkylation sites (N-methyl/N-ethyl adjacent to an activating group) is 1. The molecule has 0 N–H and O–H groups in total. The molecule has 1 aromatic carbocycles. The molecule has 0 spiro atoms. The van der Waals surface area contributed by atoms with E-state index in [4.69, 9.17) is 9.47 Å². The molecule has 0 unspecified atom stereocenters. The van der Waals surface area contributed by atoms with Crippen LogP contribution in [0.5, 0.6) is 17.4 Å². The molecule has 3 heterocycles. The number of pyridine rings is 1. The van der Waals surface area contributed by atoms with Gasteiger partial charge in [0.05, 0.1) is 6.20 Å². The minimum atomic E-state index is -4.57. The van der Waals surface area contributed by atoms with Gasteiger partial charge in [-0.3, -0.25) is 4.57 Å². The average molecular weight is 436 g/mol. The SMILES string of the molecule is CN1CCn2c1cc(OCc1ccc(Oc3ccc(C(F)(F)F)nc3)c(F)c1)nc2=O. The van der Waals surface area contributed by atoms with Crippen molar-refractivity contribution in [3.05, 3.63) is 70.2 Å². The highest BCUT2D eigenvalue weighted by molar-refractivity contribution is 5.44. The number of fused-ring (bicyclic) bond motifs is 1. The van der Waals surface area contributed by atoms with Gasteiger partial charge < -0.3 is 14.4 Å². The Labute approximate surface area is 173 Å². The lowest BCUT2D eigenvalue weighted by molar-refractivity contribution is -0.141. The van der Waals surface area contributed by atoms with Crippen molar-refractivity contribution in [3.63, 3.8) is 0 Å². The fourth-order valence-corrected chi connectivity index (χ4v) is 3.05. The summed E-state index contributed by atoms with van der Waals surface area (Å²) < 4.78 is 64.4. The van der Waals surface area contributed by atoms with E-state index in [1.807, 2.05) is 11.9 Å². The number of halogens is 4. The predicted octanol–water partition coefficient (Wildman–Crippen LogP) is 3.62. The Bertz CT molecular complexity index is 1160. The summed E-state index contributed by atoms with van der Waals surface area (Å²) in [5, 5.41) is 0. The molecular weight excluding hydrogens is 420 g/mol. The van der Waals surface area contributed by atoms with Gasteiger partial charge in [0.1, 0.15) is 23.9 Å². The van der Waals surface area contributed by atoms with Gasteiger partial charge >= 0.3 is 11.9 Å². The normalized spacial score (nSPS) is 13.3. The lowest BCUT2D eigenvalue weighted by Gasteiger charge is -2.13. The standard InChI is InChI=1S/C20H16F4N4O3/c1-27-6-7-28-18(27)9-17(26-19(28)29)30-11-12-2-4-15(14(21)8-12)31-13-3-5-16(25-10-13)20(22,23)24/h2-5,8-10H,6-7,11H2,1H3. The molecule has 2 aromatic heterocycles. The van der Waals surface area contributed by atoms with Crippen LogP contribution in [0.2, 0.25) is 0 Å². The van der Waals surface area contributed by atoms with Gasteiger partial charge in [0.15, 0.2) is 11.6 Å². The van der Waals surface area contributed by atoms with Crippen LogP contribution >= 0.6 is 0 Å². The van der Waals surface area contributed by atoms with Gasteiger partial charge in [-0.25, -0.2) is 14.2 Å². The topological polar surface area (TPSA) is 69.5 Å². The molecule has 31 heavy (non-hydrogen) atoms. The van der Waals surface area contributed by atoms with Gasteiger partial charge in [-0.2, -0.15) is 18.2 Å². The van der Waals surface area contributed by atoms with Crippen LogP contribution in [0, 0.1) is 5.82 Å². The molecule has 4 rings (SSSR count). The average Bonchev–Trinajstić information content (AvgIpc) is 3.09. The number of ether oxygens (including phenoxy) is 2. The van der Waals surface area contributed by atoms with Crippen molar-refractivity contribution in [2.45, 2.75) is 19.3 Å². The summed E-state index contributed by atoms with van der Waals surface area (Å²) in [5.41, 5.74) is -1.04. The van der Waals surface area contributed by atoms with Crippen LogP contribution in [-0.2, 0) is 19.3 Å². The Kier molecular flexibility index (Phi) is 5.25. The predicted molar refractivity (Wildman–Crippen MR) is 102 cm³/mol. The summed E-state index contributed by atoms with van der Waals surface area (Å²) in [6, 6.07) is 7.46. The van der Waals surface area contributed by atoms with Crippen molar-refractivity contribution in [1.82, 2.24) is 14.5 Å². The zero-order chi connectivity index (χ0) is 22.2. The summed E-state index contributed by atoms with van der Waals surface area (Å²) in [7, 11) is 1.85. The maximum absolute atomic E-state index is 14.4. The second-order valence-electron chi connectivity index (χ2n) is 6.84. The Balaban J connectivity index is 1.43. The summed E-state index contributed by atoms with van der Waals surface area (Å²) in [6.45, 7) is 1.21. The first-order chi connectivity index (χ1) is 14.7. The molecule has 7 nitrogen and oxygen atoms in total. The van der Waals surface area contributed by atoms with Crippen LogP contribution in [0.4, 0.5) is 23.4 Å². The van der Waals surface area contributed by atoms with E-state index in [1.165, 1.54) is 22.8 Å². The Hall–Kier alpha value is -3.63. The van der Waals surface area contributed by atoms with Gasteiger partial charge in [0.2, 0.25) is 5.88 Å². The van der Waals surface area contributed by atoms with Gasteiger partial charge in [-0.1, -0.05) is 6.07 Å². The van der Waals surface area contributed by atoms with Crippen LogP contribution < -0.4 is 20.1 Å². The highest BCUT2D eigenvalue weighted by atomic mass is 19.4.